The first kappa shape index (κ1) is 21.4. The summed E-state index contributed by atoms with van der Waals surface area (Å²) in [4.78, 5) is 37.0. The summed E-state index contributed by atoms with van der Waals surface area (Å²) in [6.45, 7) is 9.14. The lowest BCUT2D eigenvalue weighted by Crippen LogP contribution is -2.55. The monoisotopic (exact) mass is 329 g/mol. The Labute approximate surface area is 138 Å². The molecule has 0 aliphatic rings. The summed E-state index contributed by atoms with van der Waals surface area (Å²) in [5.74, 6) is -1.76. The number of aliphatic carboxylic acids is 1. The minimum Gasteiger partial charge on any atom is -0.480 e. The van der Waals surface area contributed by atoms with Crippen LogP contribution in [0.25, 0.3) is 0 Å². The molecule has 0 aromatic heterocycles. The van der Waals surface area contributed by atoms with E-state index in [2.05, 4.69) is 5.32 Å². The quantitative estimate of drug-likeness (QED) is 0.580. The van der Waals surface area contributed by atoms with Crippen molar-refractivity contribution in [1.82, 2.24) is 10.2 Å². The van der Waals surface area contributed by atoms with Crippen molar-refractivity contribution in [3.05, 3.63) is 0 Å². The molecule has 4 unspecified atom stereocenters. The molecule has 0 aromatic carbocycles. The highest BCUT2D eigenvalue weighted by Crippen LogP contribution is 2.10. The number of hydrogen-bond acceptors (Lipinski definition) is 4. The van der Waals surface area contributed by atoms with Crippen molar-refractivity contribution >= 4 is 17.8 Å². The first-order valence-electron chi connectivity index (χ1n) is 8.08. The third-order valence-corrected chi connectivity index (χ3v) is 4.17. The van der Waals surface area contributed by atoms with Crippen LogP contribution in [0.3, 0.4) is 0 Å². The van der Waals surface area contributed by atoms with Gasteiger partial charge in [0.05, 0.1) is 6.04 Å². The molecule has 0 radical (unpaired) electrons. The zero-order valence-corrected chi connectivity index (χ0v) is 15.0. The van der Waals surface area contributed by atoms with Crippen molar-refractivity contribution in [3.8, 4) is 0 Å². The Morgan fingerprint density at radius 3 is 2.09 bits per heavy atom. The summed E-state index contributed by atoms with van der Waals surface area (Å²) in [6.07, 6.45) is 1.09. The molecule has 23 heavy (non-hydrogen) atoms. The maximum atomic E-state index is 12.3. The van der Waals surface area contributed by atoms with Crippen LogP contribution >= 0.6 is 0 Å². The van der Waals surface area contributed by atoms with E-state index in [1.54, 1.807) is 6.92 Å². The smallest absolute Gasteiger partial charge is 0.326 e. The number of carbonyl (C=O) groups is 3. The van der Waals surface area contributed by atoms with Crippen molar-refractivity contribution in [2.45, 2.75) is 65.6 Å². The van der Waals surface area contributed by atoms with Crippen LogP contribution in [0.1, 0.15) is 47.5 Å². The number of amides is 2. The number of likely N-dealkylation sites (N-methyl/N-ethyl adjacent to an activating group) is 1. The lowest BCUT2D eigenvalue weighted by Gasteiger charge is -2.29. The van der Waals surface area contributed by atoms with E-state index >= 15 is 0 Å². The number of nitrogens with one attached hydrogen (secondary N) is 1. The Morgan fingerprint density at radius 2 is 1.70 bits per heavy atom. The topological polar surface area (TPSA) is 113 Å². The average molecular weight is 329 g/mol. The van der Waals surface area contributed by atoms with Gasteiger partial charge in [0, 0.05) is 7.05 Å². The lowest BCUT2D eigenvalue weighted by molar-refractivity contribution is -0.144. The number of carboxylic acids is 1. The Hall–Kier alpha value is -1.63. The standard InChI is InChI=1S/C16H31N3O4/c1-7-10(4)13(17)15(21)19(6)11(5)14(20)18-12(16(22)23)8-9(2)3/h9-13H,7-8,17H2,1-6H3,(H,18,20)(H,22,23). The maximum Gasteiger partial charge on any atom is 0.326 e. The second-order valence-electron chi connectivity index (χ2n) is 6.57. The minimum absolute atomic E-state index is 0.00733. The minimum atomic E-state index is -1.08. The number of nitrogens with zero attached hydrogens (tertiary/aromatic N) is 1. The highest BCUT2D eigenvalue weighted by Gasteiger charge is 2.30. The van der Waals surface area contributed by atoms with Gasteiger partial charge in [-0.2, -0.15) is 0 Å². The molecule has 2 amide bonds. The van der Waals surface area contributed by atoms with Gasteiger partial charge in [0.15, 0.2) is 0 Å². The fourth-order valence-electron chi connectivity index (χ4n) is 2.08. The van der Waals surface area contributed by atoms with Crippen LogP contribution in [-0.4, -0.2) is 53.0 Å². The van der Waals surface area contributed by atoms with E-state index in [0.29, 0.717) is 6.42 Å². The van der Waals surface area contributed by atoms with Crippen LogP contribution in [0.15, 0.2) is 0 Å². The molecule has 0 saturated carbocycles. The van der Waals surface area contributed by atoms with E-state index in [0.717, 1.165) is 6.42 Å². The van der Waals surface area contributed by atoms with Crippen LogP contribution in [-0.2, 0) is 14.4 Å². The maximum absolute atomic E-state index is 12.3. The predicted molar refractivity (Wildman–Crippen MR) is 88.7 cm³/mol. The molecule has 0 aromatic rings. The van der Waals surface area contributed by atoms with Crippen LogP contribution in [0, 0.1) is 11.8 Å². The molecule has 0 saturated heterocycles. The molecule has 4 N–H and O–H groups in total. The van der Waals surface area contributed by atoms with Crippen molar-refractivity contribution < 1.29 is 19.5 Å². The molecule has 7 nitrogen and oxygen atoms in total. The molecular weight excluding hydrogens is 298 g/mol. The molecule has 4 atom stereocenters. The fourth-order valence-corrected chi connectivity index (χ4v) is 2.08. The highest BCUT2D eigenvalue weighted by molar-refractivity contribution is 5.91. The second-order valence-corrected chi connectivity index (χ2v) is 6.57. The van der Waals surface area contributed by atoms with Gasteiger partial charge in [-0.05, 0) is 25.2 Å². The molecule has 0 spiro atoms. The van der Waals surface area contributed by atoms with Gasteiger partial charge in [0.25, 0.3) is 0 Å². The van der Waals surface area contributed by atoms with Gasteiger partial charge in [-0.15, -0.1) is 0 Å². The molecule has 134 valence electrons. The number of carboxylic acid groups (broad SMARTS) is 1. The van der Waals surface area contributed by atoms with Gasteiger partial charge in [-0.1, -0.05) is 34.1 Å². The van der Waals surface area contributed by atoms with Gasteiger partial charge in [0.1, 0.15) is 12.1 Å². The SMILES string of the molecule is CCC(C)C(N)C(=O)N(C)C(C)C(=O)NC(CC(C)C)C(=O)O. The molecule has 7 heteroatoms. The van der Waals surface area contributed by atoms with Crippen LogP contribution < -0.4 is 11.1 Å². The third kappa shape index (κ3) is 6.56. The normalized spacial score (nSPS) is 16.3. The Kier molecular flexibility index (Phi) is 8.82. The van der Waals surface area contributed by atoms with Gasteiger partial charge < -0.3 is 21.1 Å². The second kappa shape index (κ2) is 9.50. The van der Waals surface area contributed by atoms with Crippen molar-refractivity contribution in [3.63, 3.8) is 0 Å². The largest absolute Gasteiger partial charge is 0.480 e. The third-order valence-electron chi connectivity index (χ3n) is 4.17. The van der Waals surface area contributed by atoms with Gasteiger partial charge in [0.2, 0.25) is 11.8 Å². The summed E-state index contributed by atoms with van der Waals surface area (Å²) in [6, 6.07) is -2.42. The summed E-state index contributed by atoms with van der Waals surface area (Å²) in [5.41, 5.74) is 5.91. The van der Waals surface area contributed by atoms with Gasteiger partial charge in [-0.3, -0.25) is 9.59 Å². The summed E-state index contributed by atoms with van der Waals surface area (Å²) in [5, 5.41) is 11.7. The Bertz CT molecular complexity index is 426. The molecule has 0 aliphatic carbocycles. The van der Waals surface area contributed by atoms with Crippen LogP contribution in [0.2, 0.25) is 0 Å². The van der Waals surface area contributed by atoms with E-state index in [1.807, 2.05) is 27.7 Å². The molecule has 0 heterocycles. The average Bonchev–Trinajstić information content (AvgIpc) is 2.49. The molecule has 0 rings (SSSR count). The number of hydrogen-bond donors (Lipinski definition) is 3. The highest BCUT2D eigenvalue weighted by atomic mass is 16.4. The van der Waals surface area contributed by atoms with Crippen LogP contribution in [0.5, 0.6) is 0 Å². The molecule has 0 aliphatic heterocycles. The Balaban J connectivity index is 4.86. The van der Waals surface area contributed by atoms with Gasteiger partial charge >= 0.3 is 5.97 Å². The van der Waals surface area contributed by atoms with Crippen molar-refractivity contribution in [2.75, 3.05) is 7.05 Å². The van der Waals surface area contributed by atoms with E-state index in [9.17, 15) is 19.5 Å². The van der Waals surface area contributed by atoms with E-state index in [4.69, 9.17) is 5.73 Å². The summed E-state index contributed by atoms with van der Waals surface area (Å²) in [7, 11) is 1.51. The lowest BCUT2D eigenvalue weighted by atomic mass is 9.98. The summed E-state index contributed by atoms with van der Waals surface area (Å²) < 4.78 is 0. The predicted octanol–water partition coefficient (Wildman–Crippen LogP) is 0.822. The zero-order chi connectivity index (χ0) is 18.3. The van der Waals surface area contributed by atoms with Crippen molar-refractivity contribution in [1.29, 1.82) is 0 Å². The van der Waals surface area contributed by atoms with E-state index in [-0.39, 0.29) is 17.7 Å². The number of nitrogens with two attached hydrogens (primary N) is 1. The zero-order valence-electron chi connectivity index (χ0n) is 15.0. The van der Waals surface area contributed by atoms with E-state index in [1.165, 1.54) is 11.9 Å². The van der Waals surface area contributed by atoms with Crippen molar-refractivity contribution in [2.24, 2.45) is 17.6 Å². The molecule has 0 bridgehead atoms. The van der Waals surface area contributed by atoms with E-state index < -0.39 is 30.0 Å². The first-order chi connectivity index (χ1) is 10.5. The Morgan fingerprint density at radius 1 is 1.17 bits per heavy atom. The molecular formula is C16H31N3O4. The van der Waals surface area contributed by atoms with Gasteiger partial charge in [-0.25, -0.2) is 4.79 Å². The summed E-state index contributed by atoms with van der Waals surface area (Å²) >= 11 is 0. The fraction of sp³-hybridized carbons (Fsp3) is 0.812. The number of carbonyl (C=O) groups excluding carboxylic acids is 2. The molecule has 0 fully saturated rings. The van der Waals surface area contributed by atoms with Crippen LogP contribution in [0.4, 0.5) is 0 Å². The number of rotatable bonds is 9. The first-order valence-corrected chi connectivity index (χ1v) is 8.08.